The van der Waals surface area contributed by atoms with Crippen molar-refractivity contribution in [3.63, 3.8) is 0 Å². The van der Waals surface area contributed by atoms with Crippen molar-refractivity contribution in [2.75, 3.05) is 45.1 Å². The summed E-state index contributed by atoms with van der Waals surface area (Å²) in [6.45, 7) is 11.7. The lowest BCUT2D eigenvalue weighted by Crippen LogP contribution is -2.28. The van der Waals surface area contributed by atoms with Gasteiger partial charge in [0.2, 0.25) is 0 Å². The molecule has 1 aliphatic heterocycles. The van der Waals surface area contributed by atoms with Crippen LogP contribution in [0.4, 0.5) is 0 Å². The summed E-state index contributed by atoms with van der Waals surface area (Å²) < 4.78 is 1.75. The number of aromatic nitrogens is 3. The summed E-state index contributed by atoms with van der Waals surface area (Å²) in [5, 5.41) is 8.71. The van der Waals surface area contributed by atoms with Crippen LogP contribution < -0.4 is 5.84 Å². The SMILES string of the molecule is CCCCN(CCC)CCCc1nnc(CCCN2CCCCCC2)n1N. The number of rotatable bonds is 13. The number of hydrogen-bond donors (Lipinski definition) is 1. The largest absolute Gasteiger partial charge is 0.336 e. The lowest BCUT2D eigenvalue weighted by atomic mass is 10.2. The monoisotopic (exact) mass is 378 g/mol. The van der Waals surface area contributed by atoms with Gasteiger partial charge in [-0.25, -0.2) is 4.68 Å². The molecule has 2 rings (SSSR count). The lowest BCUT2D eigenvalue weighted by molar-refractivity contribution is 0.266. The molecule has 2 heterocycles. The first-order valence-electron chi connectivity index (χ1n) is 11.4. The quantitative estimate of drug-likeness (QED) is 0.534. The van der Waals surface area contributed by atoms with E-state index >= 15 is 0 Å². The first-order valence-corrected chi connectivity index (χ1v) is 11.4. The zero-order valence-corrected chi connectivity index (χ0v) is 17.8. The molecule has 6 nitrogen and oxygen atoms in total. The van der Waals surface area contributed by atoms with E-state index < -0.39 is 0 Å². The van der Waals surface area contributed by atoms with E-state index in [0.717, 1.165) is 50.4 Å². The summed E-state index contributed by atoms with van der Waals surface area (Å²) in [7, 11) is 0. The molecule has 2 N–H and O–H groups in total. The summed E-state index contributed by atoms with van der Waals surface area (Å²) in [5.74, 6) is 8.15. The molecular weight excluding hydrogens is 336 g/mol. The van der Waals surface area contributed by atoms with Gasteiger partial charge in [-0.3, -0.25) is 0 Å². The van der Waals surface area contributed by atoms with E-state index in [2.05, 4.69) is 33.8 Å². The van der Waals surface area contributed by atoms with E-state index in [1.165, 1.54) is 71.1 Å². The van der Waals surface area contributed by atoms with Gasteiger partial charge in [-0.05, 0) is 77.8 Å². The van der Waals surface area contributed by atoms with Crippen molar-refractivity contribution < 1.29 is 0 Å². The third-order valence-electron chi connectivity index (χ3n) is 5.65. The standard InChI is InChI=1S/C21H42N6/c1-3-5-15-25(14-4-2)18-10-12-20-23-24-21(27(20)22)13-11-19-26-16-8-6-7-9-17-26/h3-19,22H2,1-2H3. The van der Waals surface area contributed by atoms with Crippen LogP contribution in [0.15, 0.2) is 0 Å². The van der Waals surface area contributed by atoms with Crippen LogP contribution in [0.1, 0.15) is 83.3 Å². The molecule has 1 aromatic heterocycles. The Morgan fingerprint density at radius 1 is 0.815 bits per heavy atom. The van der Waals surface area contributed by atoms with Gasteiger partial charge in [-0.1, -0.05) is 33.1 Å². The molecule has 1 aromatic rings. The Balaban J connectivity index is 1.70. The average molecular weight is 379 g/mol. The van der Waals surface area contributed by atoms with Crippen molar-refractivity contribution in [3.8, 4) is 0 Å². The van der Waals surface area contributed by atoms with Crippen LogP contribution in [-0.4, -0.2) is 63.9 Å². The molecule has 0 spiro atoms. The summed E-state index contributed by atoms with van der Waals surface area (Å²) >= 11 is 0. The molecule has 0 saturated carbocycles. The predicted molar refractivity (Wildman–Crippen MR) is 113 cm³/mol. The zero-order chi connectivity index (χ0) is 19.3. The van der Waals surface area contributed by atoms with E-state index in [4.69, 9.17) is 5.84 Å². The summed E-state index contributed by atoms with van der Waals surface area (Å²) in [6.07, 6.45) is 13.3. The number of nitrogens with two attached hydrogens (primary N) is 1. The van der Waals surface area contributed by atoms with Gasteiger partial charge in [0, 0.05) is 12.8 Å². The molecule has 0 aromatic carbocycles. The minimum absolute atomic E-state index is 0.919. The van der Waals surface area contributed by atoms with E-state index in [9.17, 15) is 0 Å². The number of hydrogen-bond acceptors (Lipinski definition) is 5. The van der Waals surface area contributed by atoms with Crippen molar-refractivity contribution in [2.45, 2.75) is 84.5 Å². The molecule has 0 radical (unpaired) electrons. The van der Waals surface area contributed by atoms with E-state index in [-0.39, 0.29) is 0 Å². The highest BCUT2D eigenvalue weighted by Gasteiger charge is 2.12. The highest BCUT2D eigenvalue weighted by molar-refractivity contribution is 4.96. The second kappa shape index (κ2) is 13.1. The fourth-order valence-electron chi connectivity index (χ4n) is 4.02. The number of aryl methyl sites for hydroxylation is 2. The highest BCUT2D eigenvalue weighted by Crippen LogP contribution is 2.11. The van der Waals surface area contributed by atoms with Crippen molar-refractivity contribution in [2.24, 2.45) is 0 Å². The van der Waals surface area contributed by atoms with Gasteiger partial charge in [0.15, 0.2) is 11.6 Å². The van der Waals surface area contributed by atoms with Crippen LogP contribution in [0.3, 0.4) is 0 Å². The van der Waals surface area contributed by atoms with Crippen LogP contribution in [0.2, 0.25) is 0 Å². The summed E-state index contributed by atoms with van der Waals surface area (Å²) in [6, 6.07) is 0. The third kappa shape index (κ3) is 8.18. The Morgan fingerprint density at radius 3 is 2.07 bits per heavy atom. The van der Waals surface area contributed by atoms with Gasteiger partial charge in [-0.15, -0.1) is 10.2 Å². The average Bonchev–Trinajstić information content (AvgIpc) is 2.87. The molecule has 6 heteroatoms. The first-order chi connectivity index (χ1) is 13.2. The molecule has 27 heavy (non-hydrogen) atoms. The maximum Gasteiger partial charge on any atom is 0.151 e. The van der Waals surface area contributed by atoms with E-state index in [0.29, 0.717) is 0 Å². The Kier molecular flexibility index (Phi) is 10.8. The Morgan fingerprint density at radius 2 is 1.44 bits per heavy atom. The minimum Gasteiger partial charge on any atom is -0.336 e. The van der Waals surface area contributed by atoms with Crippen molar-refractivity contribution in [1.82, 2.24) is 24.7 Å². The molecular formula is C21H42N6. The molecule has 0 unspecified atom stereocenters. The number of likely N-dealkylation sites (tertiary alicyclic amines) is 1. The number of unbranched alkanes of at least 4 members (excludes halogenated alkanes) is 1. The molecule has 0 atom stereocenters. The van der Waals surface area contributed by atoms with Crippen LogP contribution in [-0.2, 0) is 12.8 Å². The normalized spacial score (nSPS) is 16.1. The number of nitrogen functional groups attached to an aromatic ring is 1. The van der Waals surface area contributed by atoms with E-state index in [1.54, 1.807) is 4.68 Å². The third-order valence-corrected chi connectivity index (χ3v) is 5.65. The molecule has 1 aliphatic rings. The van der Waals surface area contributed by atoms with Crippen LogP contribution >= 0.6 is 0 Å². The molecule has 1 saturated heterocycles. The van der Waals surface area contributed by atoms with Gasteiger partial charge >= 0.3 is 0 Å². The van der Waals surface area contributed by atoms with Crippen LogP contribution in [0, 0.1) is 0 Å². The van der Waals surface area contributed by atoms with Crippen molar-refractivity contribution >= 4 is 0 Å². The van der Waals surface area contributed by atoms with Gasteiger partial charge in [-0.2, -0.15) is 0 Å². The van der Waals surface area contributed by atoms with E-state index in [1.807, 2.05) is 0 Å². The lowest BCUT2D eigenvalue weighted by Gasteiger charge is -2.21. The Bertz CT molecular complexity index is 493. The van der Waals surface area contributed by atoms with Gasteiger partial charge in [0.25, 0.3) is 0 Å². The molecule has 1 fully saturated rings. The summed E-state index contributed by atoms with van der Waals surface area (Å²) in [5.41, 5.74) is 0. The molecule has 0 aliphatic carbocycles. The predicted octanol–water partition coefficient (Wildman–Crippen LogP) is 3.25. The maximum absolute atomic E-state index is 6.27. The van der Waals surface area contributed by atoms with Crippen molar-refractivity contribution in [3.05, 3.63) is 11.6 Å². The molecule has 0 amide bonds. The van der Waals surface area contributed by atoms with Gasteiger partial charge in [0.1, 0.15) is 0 Å². The van der Waals surface area contributed by atoms with Crippen LogP contribution in [0.5, 0.6) is 0 Å². The molecule has 0 bridgehead atoms. The smallest absolute Gasteiger partial charge is 0.151 e. The second-order valence-electron chi connectivity index (χ2n) is 8.06. The highest BCUT2D eigenvalue weighted by atomic mass is 15.4. The first kappa shape index (κ1) is 22.2. The summed E-state index contributed by atoms with van der Waals surface area (Å²) in [4.78, 5) is 5.17. The fraction of sp³-hybridized carbons (Fsp3) is 0.905. The number of nitrogens with zero attached hydrogens (tertiary/aromatic N) is 5. The minimum atomic E-state index is 0.919. The van der Waals surface area contributed by atoms with Gasteiger partial charge < -0.3 is 15.6 Å². The fourth-order valence-corrected chi connectivity index (χ4v) is 4.02. The topological polar surface area (TPSA) is 63.2 Å². The van der Waals surface area contributed by atoms with Crippen molar-refractivity contribution in [1.29, 1.82) is 0 Å². The Hall–Kier alpha value is -1.14. The molecule has 156 valence electrons. The van der Waals surface area contributed by atoms with Crippen LogP contribution in [0.25, 0.3) is 0 Å². The Labute approximate surface area is 166 Å². The van der Waals surface area contributed by atoms with Gasteiger partial charge in [0.05, 0.1) is 0 Å². The maximum atomic E-state index is 6.27. The zero-order valence-electron chi connectivity index (χ0n) is 17.8. The second-order valence-corrected chi connectivity index (χ2v) is 8.06.